The molecule has 0 saturated carbocycles. The molecule has 0 spiro atoms. The van der Waals surface area contributed by atoms with Gasteiger partial charge in [-0.2, -0.15) is 5.10 Å². The first kappa shape index (κ1) is 11.1. The lowest BCUT2D eigenvalue weighted by Crippen LogP contribution is -2.15. The van der Waals surface area contributed by atoms with Gasteiger partial charge in [0.1, 0.15) is 13.2 Å². The third kappa shape index (κ3) is 1.83. The van der Waals surface area contributed by atoms with Crippen LogP contribution in [0.2, 0.25) is 0 Å². The molecule has 0 fully saturated rings. The molecule has 94 valence electrons. The van der Waals surface area contributed by atoms with Gasteiger partial charge in [-0.3, -0.25) is 4.68 Å². The Bertz CT molecular complexity index is 561. The van der Waals surface area contributed by atoms with Crippen LogP contribution >= 0.6 is 0 Å². The van der Waals surface area contributed by atoms with Gasteiger partial charge in [-0.1, -0.05) is 0 Å². The third-order valence-corrected chi connectivity index (χ3v) is 3.00. The highest BCUT2D eigenvalue weighted by atomic mass is 16.6. The highest BCUT2D eigenvalue weighted by molar-refractivity contribution is 5.64. The van der Waals surface area contributed by atoms with Gasteiger partial charge in [0.15, 0.2) is 11.5 Å². The quantitative estimate of drug-likeness (QED) is 0.815. The summed E-state index contributed by atoms with van der Waals surface area (Å²) in [7, 11) is 0. The highest BCUT2D eigenvalue weighted by Gasteiger charge is 2.14. The van der Waals surface area contributed by atoms with E-state index in [4.69, 9.17) is 9.47 Å². The second-order valence-electron chi connectivity index (χ2n) is 4.61. The van der Waals surface area contributed by atoms with E-state index in [1.165, 1.54) is 0 Å². The molecule has 2 aromatic rings. The van der Waals surface area contributed by atoms with Gasteiger partial charge in [0.2, 0.25) is 0 Å². The molecule has 0 atom stereocenters. The Balaban J connectivity index is 2.04. The third-order valence-electron chi connectivity index (χ3n) is 3.00. The van der Waals surface area contributed by atoms with E-state index < -0.39 is 0 Å². The molecule has 0 aliphatic carbocycles. The molecule has 0 unspecified atom stereocenters. The molecule has 1 aromatic carbocycles. The van der Waals surface area contributed by atoms with Crippen molar-refractivity contribution < 1.29 is 9.47 Å². The summed E-state index contributed by atoms with van der Waals surface area (Å²) in [6.07, 6.45) is 1.83. The molecule has 0 radical (unpaired) electrons. The predicted molar refractivity (Wildman–Crippen MR) is 69.0 cm³/mol. The fourth-order valence-corrected chi connectivity index (χ4v) is 2.16. The van der Waals surface area contributed by atoms with Crippen LogP contribution in [-0.2, 0) is 0 Å². The Labute approximate surface area is 106 Å². The molecule has 0 amide bonds. The smallest absolute Gasteiger partial charge is 0.162 e. The van der Waals surface area contributed by atoms with Crippen LogP contribution in [0, 0.1) is 0 Å². The minimum absolute atomic E-state index is 0.336. The maximum atomic E-state index is 5.61. The van der Waals surface area contributed by atoms with Crippen molar-refractivity contribution in [3.8, 4) is 22.8 Å². The first-order valence-corrected chi connectivity index (χ1v) is 6.19. The second kappa shape index (κ2) is 4.37. The van der Waals surface area contributed by atoms with Crippen molar-refractivity contribution in [3.05, 3.63) is 30.5 Å². The zero-order chi connectivity index (χ0) is 12.5. The molecule has 0 bridgehead atoms. The summed E-state index contributed by atoms with van der Waals surface area (Å²) in [4.78, 5) is 0. The van der Waals surface area contributed by atoms with Crippen LogP contribution in [0.15, 0.2) is 30.5 Å². The lowest BCUT2D eigenvalue weighted by molar-refractivity contribution is 0.171. The Kier molecular flexibility index (Phi) is 2.70. The number of hydrogen-bond acceptors (Lipinski definition) is 3. The van der Waals surface area contributed by atoms with E-state index in [1.807, 2.05) is 35.1 Å². The zero-order valence-corrected chi connectivity index (χ0v) is 10.6. The summed E-state index contributed by atoms with van der Waals surface area (Å²) >= 11 is 0. The molecule has 0 N–H and O–H groups in total. The number of benzene rings is 1. The summed E-state index contributed by atoms with van der Waals surface area (Å²) in [5.74, 6) is 1.64. The van der Waals surface area contributed by atoms with E-state index >= 15 is 0 Å². The second-order valence-corrected chi connectivity index (χ2v) is 4.61. The van der Waals surface area contributed by atoms with Crippen molar-refractivity contribution in [2.75, 3.05) is 13.2 Å². The Morgan fingerprint density at radius 3 is 2.67 bits per heavy atom. The van der Waals surface area contributed by atoms with Crippen LogP contribution < -0.4 is 9.47 Å². The first-order chi connectivity index (χ1) is 8.75. The molecule has 1 aliphatic heterocycles. The van der Waals surface area contributed by atoms with Gasteiger partial charge in [0, 0.05) is 17.8 Å². The Hall–Kier alpha value is -1.97. The van der Waals surface area contributed by atoms with Crippen molar-refractivity contribution in [1.29, 1.82) is 0 Å². The number of fused-ring (bicyclic) bond motifs is 1. The minimum Gasteiger partial charge on any atom is -0.486 e. The molecule has 18 heavy (non-hydrogen) atoms. The van der Waals surface area contributed by atoms with Gasteiger partial charge >= 0.3 is 0 Å². The largest absolute Gasteiger partial charge is 0.486 e. The summed E-state index contributed by atoms with van der Waals surface area (Å²) in [6.45, 7) is 5.47. The molecular formula is C14H16N2O2. The van der Waals surface area contributed by atoms with Crippen LogP contribution in [-0.4, -0.2) is 23.0 Å². The zero-order valence-electron chi connectivity index (χ0n) is 10.6. The predicted octanol–water partition coefficient (Wildman–Crippen LogP) is 2.90. The molecule has 3 rings (SSSR count). The number of ether oxygens (including phenoxy) is 2. The summed E-state index contributed by atoms with van der Waals surface area (Å²) in [5.41, 5.74) is 2.20. The lowest BCUT2D eigenvalue weighted by Gasteiger charge is -2.19. The minimum atomic E-state index is 0.336. The average Bonchev–Trinajstić information content (AvgIpc) is 2.87. The van der Waals surface area contributed by atoms with E-state index in [1.54, 1.807) is 0 Å². The molecule has 4 heteroatoms. The van der Waals surface area contributed by atoms with E-state index in [0.29, 0.717) is 19.3 Å². The highest BCUT2D eigenvalue weighted by Crippen LogP contribution is 2.34. The maximum absolute atomic E-state index is 5.61. The molecule has 1 aromatic heterocycles. The van der Waals surface area contributed by atoms with Crippen molar-refractivity contribution in [2.45, 2.75) is 19.9 Å². The Morgan fingerprint density at radius 1 is 1.11 bits per heavy atom. The van der Waals surface area contributed by atoms with Gasteiger partial charge in [-0.15, -0.1) is 0 Å². The number of hydrogen-bond donors (Lipinski definition) is 0. The van der Waals surface area contributed by atoms with Crippen molar-refractivity contribution in [2.24, 2.45) is 0 Å². The van der Waals surface area contributed by atoms with Crippen molar-refractivity contribution >= 4 is 0 Å². The van der Waals surface area contributed by atoms with Gasteiger partial charge < -0.3 is 9.47 Å². The average molecular weight is 244 g/mol. The Morgan fingerprint density at radius 2 is 1.89 bits per heavy atom. The van der Waals surface area contributed by atoms with Crippen molar-refractivity contribution in [1.82, 2.24) is 9.78 Å². The van der Waals surface area contributed by atoms with Crippen LogP contribution in [0.1, 0.15) is 19.9 Å². The normalized spacial score (nSPS) is 13.9. The monoisotopic (exact) mass is 244 g/mol. The first-order valence-electron chi connectivity index (χ1n) is 6.19. The summed E-state index contributed by atoms with van der Waals surface area (Å²) in [5, 5.41) is 4.35. The summed E-state index contributed by atoms with van der Waals surface area (Å²) < 4.78 is 13.1. The van der Waals surface area contributed by atoms with Crippen LogP contribution in [0.5, 0.6) is 11.5 Å². The fourth-order valence-electron chi connectivity index (χ4n) is 2.16. The number of aromatic nitrogens is 2. The lowest BCUT2D eigenvalue weighted by atomic mass is 10.1. The SMILES string of the molecule is CC(C)n1nccc1-c1ccc2c(c1)OCCO2. The van der Waals surface area contributed by atoms with E-state index in [2.05, 4.69) is 18.9 Å². The maximum Gasteiger partial charge on any atom is 0.162 e. The van der Waals surface area contributed by atoms with E-state index in [9.17, 15) is 0 Å². The van der Waals surface area contributed by atoms with E-state index in [0.717, 1.165) is 22.8 Å². The van der Waals surface area contributed by atoms with Crippen LogP contribution in [0.3, 0.4) is 0 Å². The summed E-state index contributed by atoms with van der Waals surface area (Å²) in [6, 6.07) is 8.38. The van der Waals surface area contributed by atoms with Gasteiger partial charge in [0.05, 0.1) is 5.69 Å². The molecule has 1 aliphatic rings. The molecule has 2 heterocycles. The molecule has 0 saturated heterocycles. The van der Waals surface area contributed by atoms with Crippen LogP contribution in [0.25, 0.3) is 11.3 Å². The van der Waals surface area contributed by atoms with Crippen LogP contribution in [0.4, 0.5) is 0 Å². The number of rotatable bonds is 2. The molecule has 4 nitrogen and oxygen atoms in total. The van der Waals surface area contributed by atoms with Crippen molar-refractivity contribution in [3.63, 3.8) is 0 Å². The van der Waals surface area contributed by atoms with Gasteiger partial charge in [-0.05, 0) is 38.1 Å². The molecular weight excluding hydrogens is 228 g/mol. The van der Waals surface area contributed by atoms with Gasteiger partial charge in [0.25, 0.3) is 0 Å². The standard InChI is InChI=1S/C14H16N2O2/c1-10(2)16-12(5-6-15-16)11-3-4-13-14(9-11)18-8-7-17-13/h3-6,9-10H,7-8H2,1-2H3. The van der Waals surface area contributed by atoms with Gasteiger partial charge in [-0.25, -0.2) is 0 Å². The number of nitrogens with zero attached hydrogens (tertiary/aromatic N) is 2. The fraction of sp³-hybridized carbons (Fsp3) is 0.357. The topological polar surface area (TPSA) is 36.3 Å². The van der Waals surface area contributed by atoms with E-state index in [-0.39, 0.29) is 0 Å².